The molecule has 1 aromatic rings. The quantitative estimate of drug-likeness (QED) is 0.870. The summed E-state index contributed by atoms with van der Waals surface area (Å²) in [5.74, 6) is -2.09. The molecule has 0 radical (unpaired) electrons. The number of nitrogens with zero attached hydrogens (tertiary/aromatic N) is 1. The standard InChI is InChI=1S/C16H19BF2N2O2/c1-15(2)16(3,4)23-17(22-15)12(9-21)5-10-6-13(18)14(19)7-11(10)8-20/h5-7H,9,21H2,1-4H3. The number of hydrogen-bond donors (Lipinski definition) is 1. The number of hydrogen-bond acceptors (Lipinski definition) is 4. The predicted octanol–water partition coefficient (Wildman–Crippen LogP) is 2.81. The van der Waals surface area contributed by atoms with Crippen LogP contribution in [0.3, 0.4) is 0 Å². The van der Waals surface area contributed by atoms with Gasteiger partial charge in [0, 0.05) is 6.54 Å². The van der Waals surface area contributed by atoms with Gasteiger partial charge in [0.15, 0.2) is 11.6 Å². The second-order valence-electron chi connectivity index (χ2n) is 6.48. The van der Waals surface area contributed by atoms with Gasteiger partial charge in [-0.15, -0.1) is 0 Å². The van der Waals surface area contributed by atoms with Gasteiger partial charge < -0.3 is 15.0 Å². The maximum absolute atomic E-state index is 13.5. The monoisotopic (exact) mass is 320 g/mol. The van der Waals surface area contributed by atoms with Crippen LogP contribution in [-0.2, 0) is 9.31 Å². The normalized spacial score (nSPS) is 19.7. The zero-order chi connectivity index (χ0) is 17.4. The Morgan fingerprint density at radius 1 is 1.22 bits per heavy atom. The van der Waals surface area contributed by atoms with E-state index in [9.17, 15) is 8.78 Å². The number of rotatable bonds is 3. The van der Waals surface area contributed by atoms with Crippen molar-refractivity contribution in [2.24, 2.45) is 5.73 Å². The fourth-order valence-corrected chi connectivity index (χ4v) is 2.20. The summed E-state index contributed by atoms with van der Waals surface area (Å²) in [5.41, 5.74) is 5.48. The molecule has 0 unspecified atom stereocenters. The molecule has 0 aromatic heterocycles. The van der Waals surface area contributed by atoms with Crippen LogP contribution in [-0.4, -0.2) is 24.9 Å². The lowest BCUT2D eigenvalue weighted by atomic mass is 9.77. The lowest BCUT2D eigenvalue weighted by Crippen LogP contribution is -2.41. The van der Waals surface area contributed by atoms with E-state index in [-0.39, 0.29) is 17.7 Å². The van der Waals surface area contributed by atoms with Gasteiger partial charge in [-0.25, -0.2) is 8.78 Å². The molecule has 0 bridgehead atoms. The summed E-state index contributed by atoms with van der Waals surface area (Å²) >= 11 is 0. The van der Waals surface area contributed by atoms with Crippen molar-refractivity contribution in [3.05, 3.63) is 40.4 Å². The minimum absolute atomic E-state index is 0.0198. The van der Waals surface area contributed by atoms with E-state index >= 15 is 0 Å². The molecule has 4 nitrogen and oxygen atoms in total. The van der Waals surface area contributed by atoms with Gasteiger partial charge >= 0.3 is 7.12 Å². The van der Waals surface area contributed by atoms with Gasteiger partial charge in [0.05, 0.1) is 22.8 Å². The third kappa shape index (κ3) is 3.30. The second-order valence-corrected chi connectivity index (χ2v) is 6.48. The summed E-state index contributed by atoms with van der Waals surface area (Å²) in [6, 6.07) is 3.67. The van der Waals surface area contributed by atoms with Crippen molar-refractivity contribution in [1.82, 2.24) is 0 Å². The molecule has 2 rings (SSSR count). The van der Waals surface area contributed by atoms with Crippen LogP contribution in [0.4, 0.5) is 8.78 Å². The summed E-state index contributed by atoms with van der Waals surface area (Å²) in [6.45, 7) is 7.71. The van der Waals surface area contributed by atoms with Gasteiger partial charge in [-0.05, 0) is 50.9 Å². The molecule has 0 amide bonds. The molecular weight excluding hydrogens is 301 g/mol. The molecule has 0 spiro atoms. The van der Waals surface area contributed by atoms with E-state index in [1.807, 2.05) is 33.8 Å². The molecule has 122 valence electrons. The molecule has 1 aliphatic rings. The average Bonchev–Trinajstić information content (AvgIpc) is 2.67. The Hall–Kier alpha value is -1.75. The van der Waals surface area contributed by atoms with Crippen LogP contribution in [0.1, 0.15) is 38.8 Å². The molecule has 1 aromatic carbocycles. The average molecular weight is 320 g/mol. The Labute approximate surface area is 135 Å². The first kappa shape index (κ1) is 17.6. The minimum Gasteiger partial charge on any atom is -0.400 e. The Morgan fingerprint density at radius 3 is 2.22 bits per heavy atom. The molecule has 7 heteroatoms. The van der Waals surface area contributed by atoms with Gasteiger partial charge in [0.25, 0.3) is 0 Å². The van der Waals surface area contributed by atoms with Gasteiger partial charge in [-0.3, -0.25) is 0 Å². The fourth-order valence-electron chi connectivity index (χ4n) is 2.20. The van der Waals surface area contributed by atoms with Crippen LogP contribution in [0.5, 0.6) is 0 Å². The van der Waals surface area contributed by atoms with Crippen molar-refractivity contribution < 1.29 is 18.1 Å². The lowest BCUT2D eigenvalue weighted by Gasteiger charge is -2.32. The summed E-state index contributed by atoms with van der Waals surface area (Å²) in [6.07, 6.45) is 1.52. The highest BCUT2D eigenvalue weighted by Crippen LogP contribution is 2.38. The smallest absolute Gasteiger partial charge is 0.400 e. The molecule has 1 heterocycles. The zero-order valence-corrected chi connectivity index (χ0v) is 13.6. The van der Waals surface area contributed by atoms with E-state index in [4.69, 9.17) is 20.3 Å². The zero-order valence-electron chi connectivity index (χ0n) is 13.6. The van der Waals surface area contributed by atoms with E-state index in [1.165, 1.54) is 6.08 Å². The van der Waals surface area contributed by atoms with Gasteiger partial charge in [0.2, 0.25) is 0 Å². The maximum Gasteiger partial charge on any atom is 0.491 e. The first-order chi connectivity index (χ1) is 10.6. The summed E-state index contributed by atoms with van der Waals surface area (Å²) in [5, 5.41) is 9.09. The van der Waals surface area contributed by atoms with Crippen molar-refractivity contribution >= 4 is 13.2 Å². The van der Waals surface area contributed by atoms with E-state index in [0.29, 0.717) is 5.47 Å². The van der Waals surface area contributed by atoms with Crippen LogP contribution in [0.15, 0.2) is 17.6 Å². The Morgan fingerprint density at radius 2 is 1.74 bits per heavy atom. The van der Waals surface area contributed by atoms with Crippen molar-refractivity contribution in [1.29, 1.82) is 5.26 Å². The molecule has 1 fully saturated rings. The molecule has 23 heavy (non-hydrogen) atoms. The minimum atomic E-state index is -1.07. The van der Waals surface area contributed by atoms with Crippen LogP contribution in [0, 0.1) is 23.0 Å². The van der Waals surface area contributed by atoms with E-state index in [0.717, 1.165) is 12.1 Å². The Kier molecular flexibility index (Phi) is 4.63. The molecule has 0 saturated carbocycles. The Bertz CT molecular complexity index is 680. The van der Waals surface area contributed by atoms with Crippen molar-refractivity contribution in [3.8, 4) is 6.07 Å². The maximum atomic E-state index is 13.5. The van der Waals surface area contributed by atoms with Gasteiger partial charge in [-0.2, -0.15) is 5.26 Å². The summed E-state index contributed by atoms with van der Waals surface area (Å²) in [4.78, 5) is 0. The van der Waals surface area contributed by atoms with E-state index < -0.39 is 30.0 Å². The summed E-state index contributed by atoms with van der Waals surface area (Å²) < 4.78 is 38.5. The van der Waals surface area contributed by atoms with Crippen LogP contribution in [0.25, 0.3) is 6.08 Å². The molecule has 1 aliphatic heterocycles. The molecule has 0 atom stereocenters. The first-order valence-corrected chi connectivity index (χ1v) is 7.26. The lowest BCUT2D eigenvalue weighted by molar-refractivity contribution is 0.00578. The second kappa shape index (κ2) is 6.04. The van der Waals surface area contributed by atoms with Gasteiger partial charge in [0.1, 0.15) is 0 Å². The van der Waals surface area contributed by atoms with Crippen LogP contribution < -0.4 is 5.73 Å². The highest BCUT2D eigenvalue weighted by atomic mass is 19.2. The molecule has 1 saturated heterocycles. The molecule has 0 aliphatic carbocycles. The highest BCUT2D eigenvalue weighted by Gasteiger charge is 2.52. The van der Waals surface area contributed by atoms with E-state index in [2.05, 4.69) is 0 Å². The van der Waals surface area contributed by atoms with Crippen molar-refractivity contribution in [3.63, 3.8) is 0 Å². The van der Waals surface area contributed by atoms with Crippen molar-refractivity contribution in [2.75, 3.05) is 6.54 Å². The third-order valence-corrected chi connectivity index (χ3v) is 4.35. The molecular formula is C16H19BF2N2O2. The number of nitriles is 1. The summed E-state index contributed by atoms with van der Waals surface area (Å²) in [7, 11) is -0.704. The fraction of sp³-hybridized carbons (Fsp3) is 0.438. The molecule has 2 N–H and O–H groups in total. The third-order valence-electron chi connectivity index (χ3n) is 4.35. The SMILES string of the molecule is CC1(C)OB(C(=Cc2cc(F)c(F)cc2C#N)CN)OC1(C)C. The number of halogens is 2. The number of nitrogens with two attached hydrogens (primary N) is 1. The van der Waals surface area contributed by atoms with Crippen LogP contribution >= 0.6 is 0 Å². The van der Waals surface area contributed by atoms with Crippen LogP contribution in [0.2, 0.25) is 0 Å². The van der Waals surface area contributed by atoms with E-state index in [1.54, 1.807) is 0 Å². The predicted molar refractivity (Wildman–Crippen MR) is 84.2 cm³/mol. The van der Waals surface area contributed by atoms with Gasteiger partial charge in [-0.1, -0.05) is 6.08 Å². The van der Waals surface area contributed by atoms with Crippen molar-refractivity contribution in [2.45, 2.75) is 38.9 Å². The first-order valence-electron chi connectivity index (χ1n) is 7.26. The number of benzene rings is 1. The highest BCUT2D eigenvalue weighted by molar-refractivity contribution is 6.55. The Balaban J connectivity index is 2.42. The topological polar surface area (TPSA) is 68.3 Å². The largest absolute Gasteiger partial charge is 0.491 e.